The summed E-state index contributed by atoms with van der Waals surface area (Å²) >= 11 is 0. The van der Waals surface area contributed by atoms with Gasteiger partial charge in [0.15, 0.2) is 0 Å². The largest absolute Gasteiger partial charge is 0.442 e. The molecule has 132 valence electrons. The predicted molar refractivity (Wildman–Crippen MR) is 94.5 cm³/mol. The molecule has 3 heterocycles. The topological polar surface area (TPSA) is 71.3 Å². The number of carbonyl (C=O) groups is 1. The van der Waals surface area contributed by atoms with Gasteiger partial charge in [0.05, 0.1) is 10.9 Å². The standard InChI is InChI=1S/C19H24N4O2/c1-11-14(18(24)23-8-12-4-3-5-13(12)9-23)15-16(22-19(2)6-7-19)20-10-21-17(15)25-11/h10,12-13H,3-9H2,1-2H3,(H,20,21,22)/t12-,13+. The van der Waals surface area contributed by atoms with E-state index in [0.29, 0.717) is 28.9 Å². The number of nitrogens with zero attached hydrogens (tertiary/aromatic N) is 3. The van der Waals surface area contributed by atoms with E-state index in [0.717, 1.165) is 37.1 Å². The number of aromatic nitrogens is 2. The molecule has 2 aromatic heterocycles. The Hall–Kier alpha value is -2.11. The average Bonchev–Trinajstić information content (AvgIpc) is 2.93. The fourth-order valence-corrected chi connectivity index (χ4v) is 4.55. The maximum Gasteiger partial charge on any atom is 0.258 e. The van der Waals surface area contributed by atoms with Crippen LogP contribution in [-0.4, -0.2) is 39.4 Å². The first-order valence-electron chi connectivity index (χ1n) is 9.36. The van der Waals surface area contributed by atoms with Crippen molar-refractivity contribution >= 4 is 22.8 Å². The highest BCUT2D eigenvalue weighted by atomic mass is 16.3. The first-order chi connectivity index (χ1) is 12.0. The minimum atomic E-state index is 0.0736. The van der Waals surface area contributed by atoms with E-state index in [9.17, 15) is 4.79 Å². The zero-order valence-corrected chi connectivity index (χ0v) is 14.8. The van der Waals surface area contributed by atoms with Crippen molar-refractivity contribution in [3.8, 4) is 0 Å². The van der Waals surface area contributed by atoms with E-state index in [1.54, 1.807) is 0 Å². The molecule has 6 heteroatoms. The molecule has 2 atom stereocenters. The van der Waals surface area contributed by atoms with Gasteiger partial charge >= 0.3 is 0 Å². The number of carbonyl (C=O) groups excluding carboxylic acids is 1. The molecule has 1 N–H and O–H groups in total. The number of fused-ring (bicyclic) bond motifs is 2. The van der Waals surface area contributed by atoms with E-state index in [-0.39, 0.29) is 11.4 Å². The molecule has 6 nitrogen and oxygen atoms in total. The summed E-state index contributed by atoms with van der Waals surface area (Å²) in [7, 11) is 0. The van der Waals surface area contributed by atoms with Crippen LogP contribution < -0.4 is 5.32 Å². The van der Waals surface area contributed by atoms with E-state index in [1.165, 1.54) is 25.6 Å². The Balaban J connectivity index is 1.53. The van der Waals surface area contributed by atoms with Gasteiger partial charge in [-0.2, -0.15) is 0 Å². The SMILES string of the molecule is Cc1oc2ncnc(NC3(C)CC3)c2c1C(=O)N1C[C@H]2CCC[C@H]2C1. The first-order valence-corrected chi connectivity index (χ1v) is 9.36. The molecule has 2 saturated carbocycles. The smallest absolute Gasteiger partial charge is 0.258 e. The van der Waals surface area contributed by atoms with E-state index in [4.69, 9.17) is 4.42 Å². The summed E-state index contributed by atoms with van der Waals surface area (Å²) in [6.45, 7) is 5.79. The Morgan fingerprint density at radius 2 is 2.00 bits per heavy atom. The lowest BCUT2D eigenvalue weighted by atomic mass is 10.0. The maximum absolute atomic E-state index is 13.3. The molecule has 3 aliphatic rings. The van der Waals surface area contributed by atoms with Gasteiger partial charge < -0.3 is 14.6 Å². The second kappa shape index (κ2) is 5.19. The zero-order chi connectivity index (χ0) is 17.2. The second-order valence-electron chi connectivity index (χ2n) is 8.28. The van der Waals surface area contributed by atoms with Crippen molar-refractivity contribution in [3.05, 3.63) is 17.7 Å². The zero-order valence-electron chi connectivity index (χ0n) is 14.8. The Labute approximate surface area is 147 Å². The molecule has 0 spiro atoms. The van der Waals surface area contributed by atoms with Crippen LogP contribution in [0.1, 0.15) is 55.1 Å². The molecule has 2 aromatic rings. The highest BCUT2D eigenvalue weighted by Crippen LogP contribution is 2.42. The van der Waals surface area contributed by atoms with Crippen LogP contribution in [0.4, 0.5) is 5.82 Å². The number of rotatable bonds is 3. The number of amides is 1. The molecular weight excluding hydrogens is 316 g/mol. The van der Waals surface area contributed by atoms with Crippen LogP contribution in [0.3, 0.4) is 0 Å². The van der Waals surface area contributed by atoms with Crippen molar-refractivity contribution in [2.24, 2.45) is 11.8 Å². The van der Waals surface area contributed by atoms with Crippen molar-refractivity contribution < 1.29 is 9.21 Å². The molecule has 5 rings (SSSR count). The normalized spacial score (nSPS) is 26.9. The van der Waals surface area contributed by atoms with Gasteiger partial charge in [0.1, 0.15) is 17.9 Å². The summed E-state index contributed by atoms with van der Waals surface area (Å²) in [4.78, 5) is 24.0. The van der Waals surface area contributed by atoms with Gasteiger partial charge in [0.25, 0.3) is 5.91 Å². The van der Waals surface area contributed by atoms with Crippen molar-refractivity contribution in [2.45, 2.75) is 51.5 Å². The number of hydrogen-bond acceptors (Lipinski definition) is 5. The monoisotopic (exact) mass is 340 g/mol. The molecule has 0 unspecified atom stereocenters. The number of nitrogens with one attached hydrogen (secondary N) is 1. The first kappa shape index (κ1) is 15.2. The lowest BCUT2D eigenvalue weighted by molar-refractivity contribution is 0.0780. The summed E-state index contributed by atoms with van der Waals surface area (Å²) in [6, 6.07) is 0. The molecule has 1 amide bonds. The molecule has 3 fully saturated rings. The van der Waals surface area contributed by atoms with Crippen LogP contribution in [0.15, 0.2) is 10.7 Å². The molecule has 0 aromatic carbocycles. The molecule has 1 saturated heterocycles. The molecular formula is C19H24N4O2. The van der Waals surface area contributed by atoms with Gasteiger partial charge in [-0.3, -0.25) is 4.79 Å². The molecule has 1 aliphatic heterocycles. The quantitative estimate of drug-likeness (QED) is 0.927. The van der Waals surface area contributed by atoms with Crippen LogP contribution in [0.25, 0.3) is 11.1 Å². The van der Waals surface area contributed by atoms with E-state index in [1.807, 2.05) is 11.8 Å². The number of hydrogen-bond donors (Lipinski definition) is 1. The van der Waals surface area contributed by atoms with Gasteiger partial charge in [-0.05, 0) is 51.4 Å². The van der Waals surface area contributed by atoms with Crippen LogP contribution in [0, 0.1) is 18.8 Å². The second-order valence-corrected chi connectivity index (χ2v) is 8.28. The summed E-state index contributed by atoms with van der Waals surface area (Å²) in [5.74, 6) is 2.80. The van der Waals surface area contributed by atoms with Gasteiger partial charge in [-0.15, -0.1) is 0 Å². The number of likely N-dealkylation sites (tertiary alicyclic amines) is 1. The van der Waals surface area contributed by atoms with Crippen LogP contribution in [0.5, 0.6) is 0 Å². The predicted octanol–water partition coefficient (Wildman–Crippen LogP) is 3.37. The summed E-state index contributed by atoms with van der Waals surface area (Å²) in [5, 5.41) is 4.24. The lowest BCUT2D eigenvalue weighted by Crippen LogP contribution is -2.30. The Kier molecular flexibility index (Phi) is 3.15. The third-order valence-corrected chi connectivity index (χ3v) is 6.31. The third kappa shape index (κ3) is 2.41. The highest BCUT2D eigenvalue weighted by Gasteiger charge is 2.41. The molecule has 0 radical (unpaired) electrons. The minimum Gasteiger partial charge on any atom is -0.442 e. The van der Waals surface area contributed by atoms with Gasteiger partial charge in [-0.1, -0.05) is 6.42 Å². The molecule has 2 aliphatic carbocycles. The van der Waals surface area contributed by atoms with Crippen molar-refractivity contribution in [2.75, 3.05) is 18.4 Å². The van der Waals surface area contributed by atoms with E-state index in [2.05, 4.69) is 22.2 Å². The van der Waals surface area contributed by atoms with Crippen LogP contribution in [0.2, 0.25) is 0 Å². The van der Waals surface area contributed by atoms with Crippen molar-refractivity contribution in [1.82, 2.24) is 14.9 Å². The van der Waals surface area contributed by atoms with Crippen LogP contribution >= 0.6 is 0 Å². The fourth-order valence-electron chi connectivity index (χ4n) is 4.55. The molecule has 25 heavy (non-hydrogen) atoms. The maximum atomic E-state index is 13.3. The Morgan fingerprint density at radius 1 is 1.28 bits per heavy atom. The minimum absolute atomic E-state index is 0.0736. The van der Waals surface area contributed by atoms with Gasteiger partial charge in [0.2, 0.25) is 5.71 Å². The number of aryl methyl sites for hydroxylation is 1. The third-order valence-electron chi connectivity index (χ3n) is 6.31. The van der Waals surface area contributed by atoms with E-state index >= 15 is 0 Å². The number of furan rings is 1. The fraction of sp³-hybridized carbons (Fsp3) is 0.632. The average molecular weight is 340 g/mol. The Morgan fingerprint density at radius 3 is 2.68 bits per heavy atom. The lowest BCUT2D eigenvalue weighted by Gasteiger charge is -2.18. The van der Waals surface area contributed by atoms with Crippen LogP contribution in [-0.2, 0) is 0 Å². The van der Waals surface area contributed by atoms with Crippen molar-refractivity contribution in [3.63, 3.8) is 0 Å². The van der Waals surface area contributed by atoms with Crippen molar-refractivity contribution in [1.29, 1.82) is 0 Å². The Bertz CT molecular complexity index is 842. The van der Waals surface area contributed by atoms with Gasteiger partial charge in [0, 0.05) is 18.6 Å². The summed E-state index contributed by atoms with van der Waals surface area (Å²) in [5.41, 5.74) is 1.22. The summed E-state index contributed by atoms with van der Waals surface area (Å²) in [6.07, 6.45) is 7.57. The molecule has 0 bridgehead atoms. The summed E-state index contributed by atoms with van der Waals surface area (Å²) < 4.78 is 5.81. The number of anilines is 1. The van der Waals surface area contributed by atoms with E-state index < -0.39 is 0 Å². The highest BCUT2D eigenvalue weighted by molar-refractivity contribution is 6.10. The van der Waals surface area contributed by atoms with Gasteiger partial charge in [-0.25, -0.2) is 9.97 Å².